The average Bonchev–Trinajstić information content (AvgIpc) is 2.28. The van der Waals surface area contributed by atoms with Gasteiger partial charge in [0.05, 0.1) is 19.8 Å². The quantitative estimate of drug-likeness (QED) is 0.748. The largest absolute Gasteiger partial charge is 0.493 e. The lowest BCUT2D eigenvalue weighted by Crippen LogP contribution is -2.03. The van der Waals surface area contributed by atoms with E-state index in [1.165, 1.54) is 0 Å². The molecule has 1 aromatic rings. The van der Waals surface area contributed by atoms with Crippen LogP contribution in [0.4, 0.5) is 0 Å². The number of methoxy groups -OCH3 is 2. The Labute approximate surface area is 91.0 Å². The maximum atomic E-state index is 5.58. The lowest BCUT2D eigenvalue weighted by atomic mass is 10.1. The van der Waals surface area contributed by atoms with Crippen LogP contribution in [0.5, 0.6) is 11.5 Å². The van der Waals surface area contributed by atoms with Gasteiger partial charge in [0.1, 0.15) is 0 Å². The van der Waals surface area contributed by atoms with Crippen molar-refractivity contribution in [1.82, 2.24) is 0 Å². The second-order valence-corrected chi connectivity index (χ2v) is 3.19. The van der Waals surface area contributed by atoms with Crippen molar-refractivity contribution in [2.24, 2.45) is 0 Å². The van der Waals surface area contributed by atoms with Crippen LogP contribution in [0.15, 0.2) is 18.2 Å². The molecule has 1 rings (SSSR count). The summed E-state index contributed by atoms with van der Waals surface area (Å²) in [4.78, 5) is 0. The highest BCUT2D eigenvalue weighted by Gasteiger charge is 2.14. The van der Waals surface area contributed by atoms with Crippen LogP contribution >= 0.6 is 0 Å². The van der Waals surface area contributed by atoms with Gasteiger partial charge in [-0.25, -0.2) is 0 Å². The lowest BCUT2D eigenvalue weighted by Gasteiger charge is -2.17. The van der Waals surface area contributed by atoms with Gasteiger partial charge in [-0.3, -0.25) is 0 Å². The fraction of sp³-hybridized carbons (Fsp3) is 0.500. The van der Waals surface area contributed by atoms with Crippen LogP contribution in [0.25, 0.3) is 0 Å². The topological polar surface area (TPSA) is 27.7 Å². The van der Waals surface area contributed by atoms with Gasteiger partial charge in [0.2, 0.25) is 0 Å². The Morgan fingerprint density at radius 2 is 2.00 bits per heavy atom. The van der Waals surface area contributed by atoms with Crippen molar-refractivity contribution in [3.63, 3.8) is 0 Å². The maximum Gasteiger partial charge on any atom is 0.166 e. The molecule has 0 N–H and O–H groups in total. The molecule has 0 amide bonds. The van der Waals surface area contributed by atoms with Gasteiger partial charge in [0.15, 0.2) is 11.5 Å². The van der Waals surface area contributed by atoms with Crippen LogP contribution < -0.4 is 9.47 Å². The summed E-state index contributed by atoms with van der Waals surface area (Å²) >= 11 is 0. The Hall–Kier alpha value is -1.22. The molecule has 0 saturated carbocycles. The lowest BCUT2D eigenvalue weighted by molar-refractivity contribution is 0.115. The van der Waals surface area contributed by atoms with E-state index >= 15 is 0 Å². The first-order valence-electron chi connectivity index (χ1n) is 5.07. The molecule has 0 heterocycles. The fourth-order valence-corrected chi connectivity index (χ4v) is 1.44. The van der Waals surface area contributed by atoms with Crippen molar-refractivity contribution in [2.75, 3.05) is 20.8 Å². The molecule has 0 bridgehead atoms. The van der Waals surface area contributed by atoms with E-state index in [4.69, 9.17) is 14.2 Å². The molecule has 1 atom stereocenters. The number of para-hydroxylation sites is 1. The zero-order valence-electron chi connectivity index (χ0n) is 9.74. The molecule has 0 aliphatic rings. The van der Waals surface area contributed by atoms with Gasteiger partial charge in [-0.1, -0.05) is 12.1 Å². The van der Waals surface area contributed by atoms with Gasteiger partial charge in [-0.05, 0) is 19.9 Å². The molecule has 0 aromatic heterocycles. The van der Waals surface area contributed by atoms with Crippen molar-refractivity contribution >= 4 is 0 Å². The first-order valence-corrected chi connectivity index (χ1v) is 5.07. The summed E-state index contributed by atoms with van der Waals surface area (Å²) < 4.78 is 16.1. The minimum Gasteiger partial charge on any atom is -0.493 e. The molecular formula is C12H18O3. The SMILES string of the molecule is CCOc1c(OC)cccc1C(C)OC. The highest BCUT2D eigenvalue weighted by molar-refractivity contribution is 5.47. The zero-order valence-corrected chi connectivity index (χ0v) is 9.74. The third-order valence-electron chi connectivity index (χ3n) is 2.31. The summed E-state index contributed by atoms with van der Waals surface area (Å²) in [6.07, 6.45) is 0.00153. The van der Waals surface area contributed by atoms with Crippen LogP contribution in [0.3, 0.4) is 0 Å². The van der Waals surface area contributed by atoms with Gasteiger partial charge in [0, 0.05) is 12.7 Å². The van der Waals surface area contributed by atoms with E-state index in [1.54, 1.807) is 14.2 Å². The van der Waals surface area contributed by atoms with E-state index < -0.39 is 0 Å². The number of hydrogen-bond donors (Lipinski definition) is 0. The van der Waals surface area contributed by atoms with Crippen molar-refractivity contribution in [2.45, 2.75) is 20.0 Å². The number of rotatable bonds is 5. The third-order valence-corrected chi connectivity index (χ3v) is 2.31. The molecule has 1 unspecified atom stereocenters. The van der Waals surface area contributed by atoms with Crippen molar-refractivity contribution in [3.05, 3.63) is 23.8 Å². The number of benzene rings is 1. The standard InChI is InChI=1S/C12H18O3/c1-5-15-12-10(9(2)13-3)7-6-8-11(12)14-4/h6-9H,5H2,1-4H3. The van der Waals surface area contributed by atoms with Crippen molar-refractivity contribution in [1.29, 1.82) is 0 Å². The molecule has 0 saturated heterocycles. The number of ether oxygens (including phenoxy) is 3. The first kappa shape index (κ1) is 11.9. The summed E-state index contributed by atoms with van der Waals surface area (Å²) in [6.45, 7) is 4.55. The molecule has 84 valence electrons. The van der Waals surface area contributed by atoms with E-state index in [9.17, 15) is 0 Å². The molecule has 0 fully saturated rings. The van der Waals surface area contributed by atoms with Crippen LogP contribution in [0.2, 0.25) is 0 Å². The normalized spacial score (nSPS) is 12.3. The molecule has 1 aromatic carbocycles. The predicted molar refractivity (Wildman–Crippen MR) is 59.6 cm³/mol. The van der Waals surface area contributed by atoms with E-state index in [0.29, 0.717) is 6.61 Å². The Kier molecular flexibility index (Phi) is 4.43. The summed E-state index contributed by atoms with van der Waals surface area (Å²) in [7, 11) is 3.32. The first-order chi connectivity index (χ1) is 7.24. The summed E-state index contributed by atoms with van der Waals surface area (Å²) in [5.41, 5.74) is 1.01. The Morgan fingerprint density at radius 3 is 2.53 bits per heavy atom. The third kappa shape index (κ3) is 2.63. The van der Waals surface area contributed by atoms with Gasteiger partial charge < -0.3 is 14.2 Å². The molecular weight excluding hydrogens is 192 g/mol. The predicted octanol–water partition coefficient (Wildman–Crippen LogP) is 2.80. The van der Waals surface area contributed by atoms with Gasteiger partial charge in [-0.15, -0.1) is 0 Å². The highest BCUT2D eigenvalue weighted by atomic mass is 16.5. The second-order valence-electron chi connectivity index (χ2n) is 3.19. The molecule has 0 aliphatic carbocycles. The van der Waals surface area contributed by atoms with E-state index in [-0.39, 0.29) is 6.10 Å². The monoisotopic (exact) mass is 210 g/mol. The van der Waals surface area contributed by atoms with E-state index in [0.717, 1.165) is 17.1 Å². The summed E-state index contributed by atoms with van der Waals surface area (Å²) in [5.74, 6) is 1.52. The maximum absolute atomic E-state index is 5.58. The van der Waals surface area contributed by atoms with Gasteiger partial charge >= 0.3 is 0 Å². The van der Waals surface area contributed by atoms with Crippen LogP contribution in [0, 0.1) is 0 Å². The molecule has 0 aliphatic heterocycles. The molecule has 0 radical (unpaired) electrons. The van der Waals surface area contributed by atoms with Crippen molar-refractivity contribution in [3.8, 4) is 11.5 Å². The zero-order chi connectivity index (χ0) is 11.3. The van der Waals surface area contributed by atoms with Crippen LogP contribution in [0.1, 0.15) is 25.5 Å². The second kappa shape index (κ2) is 5.61. The fourth-order valence-electron chi connectivity index (χ4n) is 1.44. The van der Waals surface area contributed by atoms with Crippen LogP contribution in [-0.2, 0) is 4.74 Å². The Morgan fingerprint density at radius 1 is 1.27 bits per heavy atom. The average molecular weight is 210 g/mol. The molecule has 3 nitrogen and oxygen atoms in total. The smallest absolute Gasteiger partial charge is 0.166 e. The Bertz CT molecular complexity index is 310. The number of hydrogen-bond acceptors (Lipinski definition) is 3. The van der Waals surface area contributed by atoms with Gasteiger partial charge in [-0.2, -0.15) is 0 Å². The highest BCUT2D eigenvalue weighted by Crippen LogP contribution is 2.35. The molecule has 0 spiro atoms. The Balaban J connectivity index is 3.12. The summed E-state index contributed by atoms with van der Waals surface area (Å²) in [6, 6.07) is 5.81. The minimum atomic E-state index is 0.00153. The van der Waals surface area contributed by atoms with Gasteiger partial charge in [0.25, 0.3) is 0 Å². The van der Waals surface area contributed by atoms with E-state index in [1.807, 2.05) is 32.0 Å². The summed E-state index contributed by atoms with van der Waals surface area (Å²) in [5, 5.41) is 0. The minimum absolute atomic E-state index is 0.00153. The van der Waals surface area contributed by atoms with E-state index in [2.05, 4.69) is 0 Å². The molecule has 3 heteroatoms. The molecule has 15 heavy (non-hydrogen) atoms. The van der Waals surface area contributed by atoms with Crippen LogP contribution in [-0.4, -0.2) is 20.8 Å². The van der Waals surface area contributed by atoms with Crippen molar-refractivity contribution < 1.29 is 14.2 Å².